The van der Waals surface area contributed by atoms with Crippen molar-refractivity contribution in [1.82, 2.24) is 4.98 Å². The second kappa shape index (κ2) is 6.33. The van der Waals surface area contributed by atoms with Crippen LogP contribution < -0.4 is 4.74 Å². The van der Waals surface area contributed by atoms with Gasteiger partial charge in [-0.1, -0.05) is 15.9 Å². The van der Waals surface area contributed by atoms with E-state index in [2.05, 4.69) is 30.4 Å². The molecule has 0 unspecified atom stereocenters. The number of ether oxygens (including phenoxy) is 2. The largest absolute Gasteiger partial charge is 0.573 e. The van der Waals surface area contributed by atoms with Crippen LogP contribution in [0.4, 0.5) is 22.0 Å². The maximum atomic E-state index is 12.8. The minimum absolute atomic E-state index is 0.317. The molecule has 1 heterocycles. The molecule has 0 aliphatic rings. The van der Waals surface area contributed by atoms with Gasteiger partial charge in [0, 0.05) is 5.33 Å². The molecule has 0 atom stereocenters. The van der Waals surface area contributed by atoms with E-state index in [0.717, 1.165) is 7.11 Å². The van der Waals surface area contributed by atoms with Gasteiger partial charge in [-0.2, -0.15) is 0 Å². The molecule has 0 radical (unpaired) electrons. The number of halogens is 6. The Labute approximate surface area is 118 Å². The van der Waals surface area contributed by atoms with Gasteiger partial charge in [0.2, 0.25) is 0 Å². The van der Waals surface area contributed by atoms with E-state index in [0.29, 0.717) is 6.07 Å². The van der Waals surface area contributed by atoms with Crippen molar-refractivity contribution in [3.63, 3.8) is 0 Å². The Morgan fingerprint density at radius 3 is 2.45 bits per heavy atom. The van der Waals surface area contributed by atoms with E-state index in [9.17, 15) is 26.7 Å². The predicted octanol–water partition coefficient (Wildman–Crippen LogP) is 3.60. The van der Waals surface area contributed by atoms with Crippen LogP contribution in [-0.4, -0.2) is 24.4 Å². The van der Waals surface area contributed by atoms with Gasteiger partial charge in [-0.05, 0) is 6.07 Å². The van der Waals surface area contributed by atoms with Gasteiger partial charge in [0.1, 0.15) is 5.69 Å². The third-order valence-corrected chi connectivity index (χ3v) is 2.58. The number of pyridine rings is 1. The lowest BCUT2D eigenvalue weighted by molar-refractivity contribution is -0.275. The number of hydrogen-bond acceptors (Lipinski definition) is 4. The Bertz CT molecular complexity index is 506. The zero-order valence-electron chi connectivity index (χ0n) is 9.80. The molecule has 0 aliphatic heterocycles. The zero-order valence-corrected chi connectivity index (χ0v) is 11.4. The number of carbonyl (C=O) groups excluding carboxylic acids is 1. The van der Waals surface area contributed by atoms with Crippen LogP contribution in [0.1, 0.15) is 28.2 Å². The Hall–Kier alpha value is -1.45. The van der Waals surface area contributed by atoms with Gasteiger partial charge in [-0.15, -0.1) is 13.2 Å². The topological polar surface area (TPSA) is 48.4 Å². The number of methoxy groups -OCH3 is 1. The Balaban J connectivity index is 3.44. The summed E-state index contributed by atoms with van der Waals surface area (Å²) < 4.78 is 70.2. The average Bonchev–Trinajstić information content (AvgIpc) is 2.35. The number of alkyl halides is 6. The summed E-state index contributed by atoms with van der Waals surface area (Å²) in [5, 5.41) is -0.317. The van der Waals surface area contributed by atoms with Gasteiger partial charge in [0.15, 0.2) is 5.75 Å². The van der Waals surface area contributed by atoms with Gasteiger partial charge >= 0.3 is 12.3 Å². The highest BCUT2D eigenvalue weighted by molar-refractivity contribution is 9.08. The van der Waals surface area contributed by atoms with Crippen molar-refractivity contribution < 1.29 is 36.2 Å². The van der Waals surface area contributed by atoms with Crippen molar-refractivity contribution in [3.05, 3.63) is 23.0 Å². The summed E-state index contributed by atoms with van der Waals surface area (Å²) in [6.07, 6.45) is -8.44. The summed E-state index contributed by atoms with van der Waals surface area (Å²) in [5.74, 6) is -2.18. The molecule has 10 heteroatoms. The summed E-state index contributed by atoms with van der Waals surface area (Å²) in [5.41, 5.74) is -2.11. The van der Waals surface area contributed by atoms with Crippen molar-refractivity contribution >= 4 is 21.9 Å². The fourth-order valence-corrected chi connectivity index (χ4v) is 1.68. The molecule has 1 aromatic rings. The van der Waals surface area contributed by atoms with Crippen molar-refractivity contribution in [2.75, 3.05) is 7.11 Å². The SMILES string of the molecule is COC(=O)c1cc(C(F)F)c(OC(F)(F)F)c(CBr)n1. The van der Waals surface area contributed by atoms with Crippen LogP contribution in [0.3, 0.4) is 0 Å². The third-order valence-electron chi connectivity index (χ3n) is 2.05. The van der Waals surface area contributed by atoms with Gasteiger partial charge in [-0.25, -0.2) is 18.6 Å². The highest BCUT2D eigenvalue weighted by atomic mass is 79.9. The minimum Gasteiger partial charge on any atom is -0.464 e. The van der Waals surface area contributed by atoms with E-state index in [4.69, 9.17) is 0 Å². The van der Waals surface area contributed by atoms with E-state index >= 15 is 0 Å². The van der Waals surface area contributed by atoms with Crippen LogP contribution in [0.15, 0.2) is 6.07 Å². The Morgan fingerprint density at radius 1 is 1.45 bits per heavy atom. The van der Waals surface area contributed by atoms with Crippen molar-refractivity contribution in [2.24, 2.45) is 0 Å². The highest BCUT2D eigenvalue weighted by Crippen LogP contribution is 2.36. The lowest BCUT2D eigenvalue weighted by Gasteiger charge is -2.16. The molecule has 1 aromatic heterocycles. The van der Waals surface area contributed by atoms with E-state index in [1.807, 2.05) is 0 Å². The second-order valence-electron chi connectivity index (χ2n) is 3.35. The molecule has 0 fully saturated rings. The summed E-state index contributed by atoms with van der Waals surface area (Å²) >= 11 is 2.80. The normalized spacial score (nSPS) is 11.6. The number of nitrogens with zero attached hydrogens (tertiary/aromatic N) is 1. The molecule has 0 saturated carbocycles. The first-order chi connectivity index (χ1) is 9.19. The number of esters is 1. The van der Waals surface area contributed by atoms with Crippen molar-refractivity contribution in [3.8, 4) is 5.75 Å². The van der Waals surface area contributed by atoms with Crippen LogP contribution >= 0.6 is 15.9 Å². The van der Waals surface area contributed by atoms with Gasteiger partial charge in [-0.3, -0.25) is 0 Å². The molecule has 0 spiro atoms. The molecule has 1 rings (SSSR count). The standard InChI is InChI=1S/C10H7BrF5NO3/c1-19-9(18)5-2-4(8(12)13)7(6(3-11)17-5)20-10(14,15)16/h2,8H,3H2,1H3. The summed E-state index contributed by atoms with van der Waals surface area (Å²) in [6, 6.07) is 0.504. The number of aromatic nitrogens is 1. The van der Waals surface area contributed by atoms with Crippen LogP contribution in [0.2, 0.25) is 0 Å². The molecule has 0 aromatic carbocycles. The quantitative estimate of drug-likeness (QED) is 0.466. The van der Waals surface area contributed by atoms with E-state index < -0.39 is 41.5 Å². The van der Waals surface area contributed by atoms with Gasteiger partial charge < -0.3 is 9.47 Å². The fraction of sp³-hybridized carbons (Fsp3) is 0.400. The van der Waals surface area contributed by atoms with E-state index in [1.54, 1.807) is 0 Å². The molecule has 0 amide bonds. The van der Waals surface area contributed by atoms with Crippen LogP contribution in [0.25, 0.3) is 0 Å². The van der Waals surface area contributed by atoms with Crippen molar-refractivity contribution in [2.45, 2.75) is 18.1 Å². The lowest BCUT2D eigenvalue weighted by atomic mass is 10.1. The number of hydrogen-bond donors (Lipinski definition) is 0. The third kappa shape index (κ3) is 4.02. The second-order valence-corrected chi connectivity index (χ2v) is 3.91. The summed E-state index contributed by atoms with van der Waals surface area (Å²) in [7, 11) is 0.986. The first-order valence-corrected chi connectivity index (χ1v) is 6.03. The van der Waals surface area contributed by atoms with Crippen LogP contribution in [0, 0.1) is 0 Å². The molecule has 0 aliphatic carbocycles. The maximum absolute atomic E-state index is 12.8. The summed E-state index contributed by atoms with van der Waals surface area (Å²) in [4.78, 5) is 14.8. The molecule has 0 bridgehead atoms. The summed E-state index contributed by atoms with van der Waals surface area (Å²) in [6.45, 7) is 0. The molecule has 112 valence electrons. The minimum atomic E-state index is -5.16. The maximum Gasteiger partial charge on any atom is 0.573 e. The average molecular weight is 364 g/mol. The fourth-order valence-electron chi connectivity index (χ4n) is 1.30. The Morgan fingerprint density at radius 2 is 2.05 bits per heavy atom. The smallest absolute Gasteiger partial charge is 0.464 e. The van der Waals surface area contributed by atoms with Crippen LogP contribution in [0.5, 0.6) is 5.75 Å². The van der Waals surface area contributed by atoms with Gasteiger partial charge in [0.05, 0.1) is 18.4 Å². The highest BCUT2D eigenvalue weighted by Gasteiger charge is 2.35. The van der Waals surface area contributed by atoms with E-state index in [-0.39, 0.29) is 5.33 Å². The van der Waals surface area contributed by atoms with Gasteiger partial charge in [0.25, 0.3) is 6.43 Å². The molecular weight excluding hydrogens is 357 g/mol. The van der Waals surface area contributed by atoms with Crippen molar-refractivity contribution in [1.29, 1.82) is 0 Å². The number of rotatable bonds is 4. The molecule has 20 heavy (non-hydrogen) atoms. The van der Waals surface area contributed by atoms with E-state index in [1.165, 1.54) is 0 Å². The monoisotopic (exact) mass is 363 g/mol. The zero-order chi connectivity index (χ0) is 15.5. The number of carbonyl (C=O) groups is 1. The predicted molar refractivity (Wildman–Crippen MR) is 59.8 cm³/mol. The van der Waals surface area contributed by atoms with Crippen LogP contribution in [-0.2, 0) is 10.1 Å². The molecule has 0 saturated heterocycles. The first kappa shape index (κ1) is 16.6. The molecular formula is C10H7BrF5NO3. The molecule has 4 nitrogen and oxygen atoms in total. The Kier molecular flexibility index (Phi) is 5.26. The molecule has 0 N–H and O–H groups in total. The lowest BCUT2D eigenvalue weighted by Crippen LogP contribution is -2.20. The first-order valence-electron chi connectivity index (χ1n) is 4.91.